The van der Waals surface area contributed by atoms with Gasteiger partial charge in [0.05, 0.1) is 6.61 Å². The molecule has 0 saturated carbocycles. The number of hydrogen-bond acceptors (Lipinski definition) is 4. The van der Waals surface area contributed by atoms with E-state index in [1.165, 1.54) is 0 Å². The molecule has 0 heterocycles. The quantitative estimate of drug-likeness (QED) is 0.616. The van der Waals surface area contributed by atoms with E-state index < -0.39 is 0 Å². The van der Waals surface area contributed by atoms with Crippen LogP contribution in [-0.4, -0.2) is 35.6 Å². The summed E-state index contributed by atoms with van der Waals surface area (Å²) in [6, 6.07) is 7.52. The van der Waals surface area contributed by atoms with Gasteiger partial charge >= 0.3 is 5.97 Å². The molecule has 0 aliphatic carbocycles. The van der Waals surface area contributed by atoms with Crippen LogP contribution in [0.2, 0.25) is 0 Å². The lowest BCUT2D eigenvalue weighted by molar-refractivity contribution is -0.149. The van der Waals surface area contributed by atoms with Crippen molar-refractivity contribution in [1.29, 1.82) is 0 Å². The first-order valence-corrected chi connectivity index (χ1v) is 7.16. The predicted octanol–water partition coefficient (Wildman–Crippen LogP) is 2.09. The molecule has 0 saturated heterocycles. The maximum atomic E-state index is 11.9. The zero-order valence-electron chi connectivity index (χ0n) is 12.3. The molecule has 1 rings (SSSR count). The van der Waals surface area contributed by atoms with Crippen LogP contribution in [0.4, 0.5) is 0 Å². The second-order valence-corrected chi connectivity index (χ2v) is 5.10. The third kappa shape index (κ3) is 4.58. The average Bonchev–Trinajstić information content (AvgIpc) is 2.40. The van der Waals surface area contributed by atoms with Crippen LogP contribution in [0.25, 0.3) is 0 Å². The molecule has 5 heteroatoms. The first kappa shape index (κ1) is 16.6. The van der Waals surface area contributed by atoms with E-state index in [4.69, 9.17) is 22.7 Å². The summed E-state index contributed by atoms with van der Waals surface area (Å²) in [7, 11) is 1.92. The molecule has 2 N–H and O–H groups in total. The van der Waals surface area contributed by atoms with Gasteiger partial charge in [-0.05, 0) is 32.0 Å². The number of likely N-dealkylation sites (N-methyl/N-ethyl adjacent to an activating group) is 1. The lowest BCUT2D eigenvalue weighted by Gasteiger charge is -2.25. The maximum absolute atomic E-state index is 11.9. The van der Waals surface area contributed by atoms with Crippen molar-refractivity contribution in [2.75, 3.05) is 13.7 Å². The van der Waals surface area contributed by atoms with Crippen LogP contribution in [0.1, 0.15) is 31.4 Å². The van der Waals surface area contributed by atoms with Crippen LogP contribution in [0.5, 0.6) is 0 Å². The minimum atomic E-state index is -0.233. The topological polar surface area (TPSA) is 55.6 Å². The third-order valence-corrected chi connectivity index (χ3v) is 3.36. The van der Waals surface area contributed by atoms with E-state index in [0.717, 1.165) is 11.1 Å². The smallest absolute Gasteiger partial charge is 0.323 e. The van der Waals surface area contributed by atoms with Crippen LogP contribution < -0.4 is 5.73 Å². The summed E-state index contributed by atoms with van der Waals surface area (Å²) in [6.07, 6.45) is 0.713. The molecule has 0 amide bonds. The summed E-state index contributed by atoms with van der Waals surface area (Å²) in [5, 5.41) is 0. The third-order valence-electron chi connectivity index (χ3n) is 3.12. The Morgan fingerprint density at radius 2 is 2.15 bits per heavy atom. The second kappa shape index (κ2) is 7.97. The van der Waals surface area contributed by atoms with Crippen molar-refractivity contribution < 1.29 is 9.53 Å². The number of hydrogen-bond donors (Lipinski definition) is 1. The van der Waals surface area contributed by atoms with Gasteiger partial charge < -0.3 is 10.5 Å². The molecule has 110 valence electrons. The van der Waals surface area contributed by atoms with Gasteiger partial charge in [0, 0.05) is 12.1 Å². The average molecular weight is 294 g/mol. The maximum Gasteiger partial charge on any atom is 0.323 e. The number of nitrogens with zero attached hydrogens (tertiary/aromatic N) is 1. The number of rotatable bonds is 7. The Balaban J connectivity index is 2.77. The number of ether oxygens (including phenoxy) is 1. The Hall–Kier alpha value is -1.46. The van der Waals surface area contributed by atoms with E-state index >= 15 is 0 Å². The van der Waals surface area contributed by atoms with Crippen molar-refractivity contribution in [2.24, 2.45) is 5.73 Å². The van der Waals surface area contributed by atoms with E-state index in [1.54, 1.807) is 0 Å². The van der Waals surface area contributed by atoms with Crippen molar-refractivity contribution in [1.82, 2.24) is 4.90 Å². The molecular weight excluding hydrogens is 272 g/mol. The van der Waals surface area contributed by atoms with Crippen LogP contribution in [-0.2, 0) is 16.1 Å². The molecule has 1 aromatic rings. The van der Waals surface area contributed by atoms with Crippen molar-refractivity contribution in [3.05, 3.63) is 35.4 Å². The number of thiocarbonyl (C=S) groups is 1. The highest BCUT2D eigenvalue weighted by molar-refractivity contribution is 7.80. The summed E-state index contributed by atoms with van der Waals surface area (Å²) < 4.78 is 5.09. The molecule has 4 nitrogen and oxygen atoms in total. The van der Waals surface area contributed by atoms with Crippen molar-refractivity contribution in [2.45, 2.75) is 32.9 Å². The molecule has 20 heavy (non-hydrogen) atoms. The van der Waals surface area contributed by atoms with Crippen molar-refractivity contribution in [3.63, 3.8) is 0 Å². The van der Waals surface area contributed by atoms with E-state index in [1.807, 2.05) is 50.1 Å². The molecule has 1 unspecified atom stereocenters. The van der Waals surface area contributed by atoms with Crippen LogP contribution >= 0.6 is 12.2 Å². The van der Waals surface area contributed by atoms with Gasteiger partial charge in [0.1, 0.15) is 11.0 Å². The second-order valence-electron chi connectivity index (χ2n) is 4.66. The lowest BCUT2D eigenvalue weighted by atomic mass is 10.1. The molecule has 0 spiro atoms. The highest BCUT2D eigenvalue weighted by Gasteiger charge is 2.22. The molecule has 1 atom stereocenters. The molecule has 0 bridgehead atoms. The zero-order chi connectivity index (χ0) is 15.1. The Bertz CT molecular complexity index is 477. The number of carbonyl (C=O) groups excluding carboxylic acids is 1. The monoisotopic (exact) mass is 294 g/mol. The van der Waals surface area contributed by atoms with Gasteiger partial charge in [0.25, 0.3) is 0 Å². The largest absolute Gasteiger partial charge is 0.465 e. The highest BCUT2D eigenvalue weighted by Crippen LogP contribution is 2.12. The fourth-order valence-electron chi connectivity index (χ4n) is 2.12. The van der Waals surface area contributed by atoms with Gasteiger partial charge in [-0.1, -0.05) is 37.3 Å². The van der Waals surface area contributed by atoms with Gasteiger partial charge in [0.15, 0.2) is 0 Å². The summed E-state index contributed by atoms with van der Waals surface area (Å²) in [4.78, 5) is 14.2. The number of benzene rings is 1. The minimum Gasteiger partial charge on any atom is -0.465 e. The van der Waals surface area contributed by atoms with E-state index in [-0.39, 0.29) is 12.0 Å². The number of carbonyl (C=O) groups is 1. The molecule has 0 aliphatic rings. The lowest BCUT2D eigenvalue weighted by Crippen LogP contribution is -2.38. The van der Waals surface area contributed by atoms with Crippen molar-refractivity contribution in [3.8, 4) is 0 Å². The Morgan fingerprint density at radius 1 is 1.45 bits per heavy atom. The van der Waals surface area contributed by atoms with Gasteiger partial charge in [-0.25, -0.2) is 0 Å². The summed E-state index contributed by atoms with van der Waals surface area (Å²) in [5.41, 5.74) is 7.54. The van der Waals surface area contributed by atoms with Crippen LogP contribution in [0.3, 0.4) is 0 Å². The van der Waals surface area contributed by atoms with E-state index in [2.05, 4.69) is 0 Å². The standard InChI is InChI=1S/C15H22N2O2S/c1-4-13(15(18)19-5-2)17(3)10-11-7-6-8-12(9-11)14(16)20/h6-9,13H,4-5,10H2,1-3H3,(H2,16,20). The summed E-state index contributed by atoms with van der Waals surface area (Å²) in [5.74, 6) is -0.178. The van der Waals surface area contributed by atoms with Crippen LogP contribution in [0, 0.1) is 0 Å². The Kier molecular flexibility index (Phi) is 6.61. The molecule has 0 aromatic heterocycles. The van der Waals surface area contributed by atoms with Gasteiger partial charge in [-0.15, -0.1) is 0 Å². The Labute approximate surface area is 125 Å². The summed E-state index contributed by atoms with van der Waals surface area (Å²) >= 11 is 4.98. The first-order chi connectivity index (χ1) is 9.49. The normalized spacial score (nSPS) is 12.2. The molecule has 1 aromatic carbocycles. The Morgan fingerprint density at radius 3 is 2.70 bits per heavy atom. The van der Waals surface area contributed by atoms with E-state index in [0.29, 0.717) is 24.6 Å². The molecule has 0 fully saturated rings. The van der Waals surface area contributed by atoms with E-state index in [9.17, 15) is 4.79 Å². The van der Waals surface area contributed by atoms with Crippen molar-refractivity contribution >= 4 is 23.2 Å². The predicted molar refractivity (Wildman–Crippen MR) is 84.5 cm³/mol. The molecule has 0 aliphatic heterocycles. The number of nitrogens with two attached hydrogens (primary N) is 1. The SMILES string of the molecule is CCOC(=O)C(CC)N(C)Cc1cccc(C(N)=S)c1. The molecular formula is C15H22N2O2S. The number of esters is 1. The van der Waals surface area contributed by atoms with Gasteiger partial charge in [0.2, 0.25) is 0 Å². The zero-order valence-corrected chi connectivity index (χ0v) is 13.1. The summed E-state index contributed by atoms with van der Waals surface area (Å²) in [6.45, 7) is 4.84. The fraction of sp³-hybridized carbons (Fsp3) is 0.467. The molecule has 0 radical (unpaired) electrons. The first-order valence-electron chi connectivity index (χ1n) is 6.75. The van der Waals surface area contributed by atoms with Gasteiger partial charge in [-0.3, -0.25) is 9.69 Å². The van der Waals surface area contributed by atoms with Crippen LogP contribution in [0.15, 0.2) is 24.3 Å². The highest BCUT2D eigenvalue weighted by atomic mass is 32.1. The van der Waals surface area contributed by atoms with Gasteiger partial charge in [-0.2, -0.15) is 0 Å². The fourth-order valence-corrected chi connectivity index (χ4v) is 2.24. The minimum absolute atomic E-state index is 0.178.